The van der Waals surface area contributed by atoms with Crippen LogP contribution in [0, 0.1) is 0 Å². The van der Waals surface area contributed by atoms with E-state index in [-0.39, 0.29) is 17.1 Å². The van der Waals surface area contributed by atoms with Gasteiger partial charge in [0.2, 0.25) is 5.84 Å². The van der Waals surface area contributed by atoms with Crippen molar-refractivity contribution in [1.29, 1.82) is 0 Å². The predicted octanol–water partition coefficient (Wildman–Crippen LogP) is -2.45. The summed E-state index contributed by atoms with van der Waals surface area (Å²) in [6, 6.07) is 10.3. The highest BCUT2D eigenvalue weighted by Gasteiger charge is 2.47. The molecule has 0 unspecified atom stereocenters. The summed E-state index contributed by atoms with van der Waals surface area (Å²) in [4.78, 5) is 15.5. The maximum absolute atomic E-state index is 11.5. The van der Waals surface area contributed by atoms with Crippen molar-refractivity contribution in [3.63, 3.8) is 0 Å². The summed E-state index contributed by atoms with van der Waals surface area (Å²) < 4.78 is 10.6. The van der Waals surface area contributed by atoms with E-state index in [4.69, 9.17) is 9.47 Å². The minimum Gasteiger partial charge on any atom is -0.478 e. The number of para-hydroxylation sites is 1. The Hall–Kier alpha value is -3.49. The third kappa shape index (κ3) is 8.05. The highest BCUT2D eigenvalue weighted by molar-refractivity contribution is 5.95. The quantitative estimate of drug-likeness (QED) is 0.0539. The fraction of sp³-hybridized carbons (Fsp3) is 0.458. The first-order valence-corrected chi connectivity index (χ1v) is 12.2. The molecule has 10 N–H and O–H groups in total. The number of hydrogen-bond donors (Lipinski definition) is 10. The standard InChI is InChI=1S/C24H31N5O12/c30-9-13(32)21(41-24-20(37)17(34)16(33)14(10-31)40-24)18(35)19(36)22(29-27-15-7-3-4-8-25-15)28-26-12-6-2-1-5-11(12)23(38)39/h1-8,13-14,16-21,24,26,30-37H,9-10H2,(H,38,39)/b28-22-,29-27?/t13-,14-,16-,17+,18-,19-,20-,21-,24-/m1/s1. The molecule has 0 bridgehead atoms. The van der Waals surface area contributed by atoms with E-state index in [2.05, 4.69) is 25.7 Å². The molecule has 224 valence electrons. The molecule has 1 aliphatic heterocycles. The Morgan fingerprint density at radius 1 is 1.02 bits per heavy atom. The molecule has 2 heterocycles. The fourth-order valence-corrected chi connectivity index (χ4v) is 3.72. The first-order valence-electron chi connectivity index (χ1n) is 12.2. The number of anilines is 1. The van der Waals surface area contributed by atoms with E-state index >= 15 is 0 Å². The van der Waals surface area contributed by atoms with Crippen molar-refractivity contribution in [2.75, 3.05) is 18.6 Å². The summed E-state index contributed by atoms with van der Waals surface area (Å²) >= 11 is 0. The van der Waals surface area contributed by atoms with Crippen molar-refractivity contribution in [2.45, 2.75) is 55.1 Å². The number of aromatic carboxylic acids is 1. The van der Waals surface area contributed by atoms with Crippen molar-refractivity contribution < 1.29 is 60.2 Å². The third-order valence-electron chi connectivity index (χ3n) is 5.98. The highest BCUT2D eigenvalue weighted by Crippen LogP contribution is 2.25. The first-order chi connectivity index (χ1) is 19.6. The van der Waals surface area contributed by atoms with Crippen LogP contribution in [0.5, 0.6) is 0 Å². The van der Waals surface area contributed by atoms with Gasteiger partial charge in [0.25, 0.3) is 0 Å². The highest BCUT2D eigenvalue weighted by atomic mass is 16.7. The van der Waals surface area contributed by atoms with E-state index in [1.165, 1.54) is 36.5 Å². The lowest BCUT2D eigenvalue weighted by molar-refractivity contribution is -0.326. The second-order valence-corrected chi connectivity index (χ2v) is 8.80. The van der Waals surface area contributed by atoms with Crippen LogP contribution in [0.4, 0.5) is 11.5 Å². The summed E-state index contributed by atoms with van der Waals surface area (Å²) in [6.07, 6.45) is -15.5. The molecule has 2 aromatic rings. The Bertz CT molecular complexity index is 1190. The molecule has 1 aromatic heterocycles. The number of carboxylic acids is 1. The zero-order valence-corrected chi connectivity index (χ0v) is 21.3. The van der Waals surface area contributed by atoms with Crippen LogP contribution in [0.25, 0.3) is 0 Å². The predicted molar refractivity (Wildman–Crippen MR) is 137 cm³/mol. The minimum absolute atomic E-state index is 0.0169. The van der Waals surface area contributed by atoms with E-state index in [0.29, 0.717) is 0 Å². The van der Waals surface area contributed by atoms with Crippen molar-refractivity contribution in [3.05, 3.63) is 54.2 Å². The summed E-state index contributed by atoms with van der Waals surface area (Å²) in [5.74, 6) is -1.88. The molecule has 1 aliphatic rings. The Morgan fingerprint density at radius 3 is 2.37 bits per heavy atom. The number of benzene rings is 1. The van der Waals surface area contributed by atoms with Gasteiger partial charge in [-0.2, -0.15) is 5.10 Å². The molecule has 9 atom stereocenters. The number of hydrazone groups is 1. The number of carboxylic acid groups (broad SMARTS) is 1. The molecule has 17 nitrogen and oxygen atoms in total. The molecular weight excluding hydrogens is 550 g/mol. The Kier molecular flexibility index (Phi) is 11.7. The van der Waals surface area contributed by atoms with Crippen LogP contribution >= 0.6 is 0 Å². The number of amidine groups is 1. The summed E-state index contributed by atoms with van der Waals surface area (Å²) in [6.45, 7) is -1.81. The van der Waals surface area contributed by atoms with Gasteiger partial charge in [0.05, 0.1) is 24.5 Å². The van der Waals surface area contributed by atoms with Crippen molar-refractivity contribution in [3.8, 4) is 0 Å². The number of pyridine rings is 1. The zero-order chi connectivity index (χ0) is 30.1. The maximum atomic E-state index is 11.5. The zero-order valence-electron chi connectivity index (χ0n) is 21.3. The van der Waals surface area contributed by atoms with Crippen LogP contribution in [-0.4, -0.2) is 131 Å². The number of nitrogens with zero attached hydrogens (tertiary/aromatic N) is 4. The van der Waals surface area contributed by atoms with Gasteiger partial charge in [-0.1, -0.05) is 18.2 Å². The Morgan fingerprint density at radius 2 is 1.73 bits per heavy atom. The van der Waals surface area contributed by atoms with Gasteiger partial charge in [-0.15, -0.1) is 10.2 Å². The molecule has 1 saturated heterocycles. The van der Waals surface area contributed by atoms with Gasteiger partial charge in [-0.25, -0.2) is 9.78 Å². The number of rotatable bonds is 12. The fourth-order valence-electron chi connectivity index (χ4n) is 3.72. The van der Waals surface area contributed by atoms with Gasteiger partial charge in [-0.3, -0.25) is 5.43 Å². The number of hydrogen-bond acceptors (Lipinski definition) is 15. The van der Waals surface area contributed by atoms with Gasteiger partial charge >= 0.3 is 5.97 Å². The second-order valence-electron chi connectivity index (χ2n) is 8.80. The van der Waals surface area contributed by atoms with Gasteiger partial charge in [0.15, 0.2) is 12.1 Å². The van der Waals surface area contributed by atoms with Crippen molar-refractivity contribution in [2.24, 2.45) is 15.3 Å². The number of nitrogens with one attached hydrogen (secondary N) is 1. The normalized spacial score (nSPS) is 26.3. The molecular formula is C24H31N5O12. The van der Waals surface area contributed by atoms with Gasteiger partial charge < -0.3 is 55.4 Å². The lowest BCUT2D eigenvalue weighted by Gasteiger charge is -2.42. The molecule has 0 spiro atoms. The molecule has 1 fully saturated rings. The first kappa shape index (κ1) is 32.0. The maximum Gasteiger partial charge on any atom is 0.337 e. The van der Waals surface area contributed by atoms with E-state index in [1.54, 1.807) is 12.1 Å². The van der Waals surface area contributed by atoms with E-state index in [9.17, 15) is 50.8 Å². The monoisotopic (exact) mass is 581 g/mol. The molecule has 0 saturated carbocycles. The van der Waals surface area contributed by atoms with Crippen molar-refractivity contribution >= 4 is 23.3 Å². The number of aliphatic hydroxyl groups is 8. The van der Waals surface area contributed by atoms with Gasteiger partial charge in [0, 0.05) is 6.20 Å². The van der Waals surface area contributed by atoms with Crippen LogP contribution in [0.15, 0.2) is 64.0 Å². The average molecular weight is 582 g/mol. The smallest absolute Gasteiger partial charge is 0.337 e. The molecule has 0 aliphatic carbocycles. The second kappa shape index (κ2) is 14.9. The van der Waals surface area contributed by atoms with Crippen LogP contribution < -0.4 is 5.43 Å². The van der Waals surface area contributed by atoms with E-state index in [1.807, 2.05) is 0 Å². The largest absolute Gasteiger partial charge is 0.478 e. The topological polar surface area (TPSA) is 280 Å². The van der Waals surface area contributed by atoms with Gasteiger partial charge in [-0.05, 0) is 24.3 Å². The summed E-state index contributed by atoms with van der Waals surface area (Å²) in [7, 11) is 0. The molecule has 0 radical (unpaired) electrons. The van der Waals surface area contributed by atoms with E-state index < -0.39 is 80.1 Å². The molecule has 17 heteroatoms. The average Bonchev–Trinajstić information content (AvgIpc) is 2.99. The Labute approximate surface area is 232 Å². The van der Waals surface area contributed by atoms with Crippen molar-refractivity contribution in [1.82, 2.24) is 4.98 Å². The van der Waals surface area contributed by atoms with Gasteiger partial charge in [0.1, 0.15) is 48.8 Å². The number of aromatic nitrogens is 1. The molecule has 41 heavy (non-hydrogen) atoms. The van der Waals surface area contributed by atoms with Crippen LogP contribution in [0.1, 0.15) is 10.4 Å². The number of azo groups is 1. The van der Waals surface area contributed by atoms with Crippen LogP contribution in [0.2, 0.25) is 0 Å². The Balaban J connectivity index is 1.92. The summed E-state index contributed by atoms with van der Waals surface area (Å²) in [5.41, 5.74) is 2.21. The van der Waals surface area contributed by atoms with Crippen LogP contribution in [-0.2, 0) is 9.47 Å². The summed E-state index contributed by atoms with van der Waals surface area (Å²) in [5, 5.41) is 102. The minimum atomic E-state index is -2.18. The lowest BCUT2D eigenvalue weighted by atomic mass is 9.98. The van der Waals surface area contributed by atoms with Crippen LogP contribution in [0.3, 0.4) is 0 Å². The third-order valence-corrected chi connectivity index (χ3v) is 5.98. The van der Waals surface area contributed by atoms with E-state index in [0.717, 1.165) is 0 Å². The number of carbonyl (C=O) groups is 1. The SMILES string of the molecule is O=C(O)c1ccccc1N/N=C(\N=Nc1ccccn1)[C@H](O)[C@@H](O)[C@H](O[C@H]1O[C@H](CO)[C@@H](O)[C@H](O)[C@H]1O)[C@H](O)CO. The molecule has 1 aromatic carbocycles. The number of aliphatic hydroxyl groups excluding tert-OH is 8. The molecule has 0 amide bonds. The number of ether oxygens (including phenoxy) is 2. The molecule has 3 rings (SSSR count). The lowest BCUT2D eigenvalue weighted by Crippen LogP contribution is -2.61.